The van der Waals surface area contributed by atoms with Crippen molar-refractivity contribution in [2.24, 2.45) is 5.73 Å². The van der Waals surface area contributed by atoms with Crippen LogP contribution in [0.5, 0.6) is 0 Å². The zero-order valence-corrected chi connectivity index (χ0v) is 10.8. The molecule has 0 radical (unpaired) electrons. The molecule has 4 nitrogen and oxygen atoms in total. The van der Waals surface area contributed by atoms with E-state index in [2.05, 4.69) is 4.90 Å². The lowest BCUT2D eigenvalue weighted by Crippen LogP contribution is -2.56. The summed E-state index contributed by atoms with van der Waals surface area (Å²) in [6, 6.07) is -0.168. The Labute approximate surface area is 103 Å². The second kappa shape index (κ2) is 5.36. The van der Waals surface area contributed by atoms with Gasteiger partial charge in [0.1, 0.15) is 0 Å². The van der Waals surface area contributed by atoms with Gasteiger partial charge in [-0.2, -0.15) is 0 Å². The largest absolute Gasteiger partial charge is 0.372 e. The Morgan fingerprint density at radius 2 is 1.94 bits per heavy atom. The third kappa shape index (κ3) is 2.99. The molecule has 1 saturated carbocycles. The van der Waals surface area contributed by atoms with Crippen LogP contribution < -0.4 is 5.73 Å². The Morgan fingerprint density at radius 3 is 2.53 bits per heavy atom. The van der Waals surface area contributed by atoms with Crippen LogP contribution in [0.4, 0.5) is 0 Å². The lowest BCUT2D eigenvalue weighted by Gasteiger charge is -2.44. The lowest BCUT2D eigenvalue weighted by molar-refractivity contribution is -0.139. The minimum Gasteiger partial charge on any atom is -0.372 e. The maximum atomic E-state index is 11.3. The molecule has 0 aromatic rings. The summed E-state index contributed by atoms with van der Waals surface area (Å²) in [6.07, 6.45) is 7.40. The third-order valence-electron chi connectivity index (χ3n) is 4.25. The molecule has 0 aromatic heterocycles. The van der Waals surface area contributed by atoms with Crippen LogP contribution in [0, 0.1) is 0 Å². The third-order valence-corrected chi connectivity index (χ3v) is 4.25. The maximum Gasteiger partial charge on any atom is 0.234 e. The predicted molar refractivity (Wildman–Crippen MR) is 66.6 cm³/mol. The van der Waals surface area contributed by atoms with Crippen LogP contribution in [0.1, 0.15) is 45.4 Å². The smallest absolute Gasteiger partial charge is 0.234 e. The van der Waals surface area contributed by atoms with E-state index in [0.29, 0.717) is 0 Å². The van der Waals surface area contributed by atoms with Crippen LogP contribution in [-0.4, -0.2) is 42.1 Å². The van der Waals surface area contributed by atoms with E-state index in [9.17, 15) is 4.79 Å². The van der Waals surface area contributed by atoms with E-state index in [-0.39, 0.29) is 17.6 Å². The molecule has 1 amide bonds. The van der Waals surface area contributed by atoms with Crippen LogP contribution >= 0.6 is 0 Å². The molecule has 1 aliphatic heterocycles. The van der Waals surface area contributed by atoms with E-state index >= 15 is 0 Å². The minimum absolute atomic E-state index is 0.00153. The van der Waals surface area contributed by atoms with Crippen molar-refractivity contribution in [2.75, 3.05) is 19.7 Å². The van der Waals surface area contributed by atoms with Crippen molar-refractivity contribution in [3.63, 3.8) is 0 Å². The normalized spacial score (nSPS) is 27.6. The summed E-state index contributed by atoms with van der Waals surface area (Å²) in [5.41, 5.74) is 5.39. The molecule has 0 bridgehead atoms. The van der Waals surface area contributed by atoms with E-state index in [0.717, 1.165) is 32.5 Å². The number of morpholine rings is 1. The number of hydrogen-bond donors (Lipinski definition) is 1. The molecule has 2 aliphatic rings. The van der Waals surface area contributed by atoms with Crippen LogP contribution in [-0.2, 0) is 9.53 Å². The molecule has 0 aromatic carbocycles. The van der Waals surface area contributed by atoms with Gasteiger partial charge in [0, 0.05) is 13.1 Å². The first-order valence-corrected chi connectivity index (χ1v) is 6.80. The van der Waals surface area contributed by atoms with Gasteiger partial charge in [0.25, 0.3) is 0 Å². The molecule has 0 unspecified atom stereocenters. The molecule has 17 heavy (non-hydrogen) atoms. The first kappa shape index (κ1) is 12.8. The second-order valence-electron chi connectivity index (χ2n) is 5.49. The molecule has 1 heterocycles. The Bertz CT molecular complexity index is 273. The average molecular weight is 240 g/mol. The summed E-state index contributed by atoms with van der Waals surface area (Å²) < 4.78 is 6.05. The van der Waals surface area contributed by atoms with Crippen molar-refractivity contribution >= 4 is 5.91 Å². The van der Waals surface area contributed by atoms with Gasteiger partial charge in [-0.05, 0) is 19.8 Å². The zero-order chi connectivity index (χ0) is 12.3. The molecule has 1 saturated heterocycles. The molecular weight excluding hydrogens is 216 g/mol. The highest BCUT2D eigenvalue weighted by Crippen LogP contribution is 2.33. The van der Waals surface area contributed by atoms with Crippen molar-refractivity contribution in [3.8, 4) is 0 Å². The molecule has 4 heteroatoms. The van der Waals surface area contributed by atoms with Gasteiger partial charge in [-0.25, -0.2) is 0 Å². The molecule has 2 N–H and O–H groups in total. The van der Waals surface area contributed by atoms with Gasteiger partial charge in [0.05, 0.1) is 18.2 Å². The van der Waals surface area contributed by atoms with Crippen molar-refractivity contribution < 1.29 is 9.53 Å². The number of amides is 1. The first-order chi connectivity index (χ1) is 8.13. The molecular formula is C13H24N2O2. The summed E-state index contributed by atoms with van der Waals surface area (Å²) in [6.45, 7) is 4.33. The monoisotopic (exact) mass is 240 g/mol. The number of hydrogen-bond acceptors (Lipinski definition) is 3. The van der Waals surface area contributed by atoms with E-state index in [1.807, 2.05) is 6.92 Å². The van der Waals surface area contributed by atoms with E-state index in [1.54, 1.807) is 0 Å². The van der Waals surface area contributed by atoms with E-state index in [1.165, 1.54) is 25.7 Å². The Balaban J connectivity index is 2.02. The highest BCUT2D eigenvalue weighted by molar-refractivity contribution is 5.79. The Kier molecular flexibility index (Phi) is 4.05. The summed E-state index contributed by atoms with van der Waals surface area (Å²) in [5, 5.41) is 0. The fraction of sp³-hybridized carbons (Fsp3) is 0.923. The van der Waals surface area contributed by atoms with Gasteiger partial charge in [0.15, 0.2) is 0 Å². The van der Waals surface area contributed by atoms with Gasteiger partial charge in [0.2, 0.25) is 5.91 Å². The standard InChI is InChI=1S/C13H24N2O2/c1-11(12(14)16)15-8-9-17-13(10-15)6-4-2-3-5-7-13/h11H,2-10H2,1H3,(H2,14,16)/t11-/m1/s1. The van der Waals surface area contributed by atoms with Gasteiger partial charge < -0.3 is 10.5 Å². The van der Waals surface area contributed by atoms with Crippen LogP contribution in [0.25, 0.3) is 0 Å². The number of carbonyl (C=O) groups is 1. The maximum absolute atomic E-state index is 11.3. The highest BCUT2D eigenvalue weighted by atomic mass is 16.5. The summed E-state index contributed by atoms with van der Waals surface area (Å²) in [4.78, 5) is 13.5. The fourth-order valence-corrected chi connectivity index (χ4v) is 3.06. The second-order valence-corrected chi connectivity index (χ2v) is 5.49. The van der Waals surface area contributed by atoms with Crippen molar-refractivity contribution in [1.29, 1.82) is 0 Å². The number of nitrogens with two attached hydrogens (primary N) is 1. The fourth-order valence-electron chi connectivity index (χ4n) is 3.06. The van der Waals surface area contributed by atoms with Crippen molar-refractivity contribution in [3.05, 3.63) is 0 Å². The van der Waals surface area contributed by atoms with Gasteiger partial charge in [-0.15, -0.1) is 0 Å². The predicted octanol–water partition coefficient (Wildman–Crippen LogP) is 1.29. The number of nitrogens with zero attached hydrogens (tertiary/aromatic N) is 1. The molecule has 98 valence electrons. The SMILES string of the molecule is C[C@H](C(N)=O)N1CCOC2(CCCCCC2)C1. The van der Waals surface area contributed by atoms with Crippen LogP contribution in [0.3, 0.4) is 0 Å². The summed E-state index contributed by atoms with van der Waals surface area (Å²) >= 11 is 0. The van der Waals surface area contributed by atoms with Crippen LogP contribution in [0.15, 0.2) is 0 Å². The lowest BCUT2D eigenvalue weighted by atomic mass is 9.91. The number of primary amides is 1. The Hall–Kier alpha value is -0.610. The van der Waals surface area contributed by atoms with Gasteiger partial charge in [-0.1, -0.05) is 25.7 Å². The number of ether oxygens (including phenoxy) is 1. The zero-order valence-electron chi connectivity index (χ0n) is 10.8. The van der Waals surface area contributed by atoms with E-state index < -0.39 is 0 Å². The molecule has 1 spiro atoms. The molecule has 2 fully saturated rings. The number of rotatable bonds is 2. The molecule has 1 atom stereocenters. The molecule has 2 rings (SSSR count). The minimum atomic E-state index is -0.226. The topological polar surface area (TPSA) is 55.6 Å². The summed E-state index contributed by atoms with van der Waals surface area (Å²) in [7, 11) is 0. The average Bonchev–Trinajstić information content (AvgIpc) is 2.54. The summed E-state index contributed by atoms with van der Waals surface area (Å²) in [5.74, 6) is -0.226. The quantitative estimate of drug-likeness (QED) is 0.791. The Morgan fingerprint density at radius 1 is 1.29 bits per heavy atom. The van der Waals surface area contributed by atoms with Crippen LogP contribution in [0.2, 0.25) is 0 Å². The van der Waals surface area contributed by atoms with E-state index in [4.69, 9.17) is 10.5 Å². The van der Waals surface area contributed by atoms with Crippen molar-refractivity contribution in [1.82, 2.24) is 4.90 Å². The van der Waals surface area contributed by atoms with Gasteiger partial charge in [-0.3, -0.25) is 9.69 Å². The highest BCUT2D eigenvalue weighted by Gasteiger charge is 2.38. The van der Waals surface area contributed by atoms with Gasteiger partial charge >= 0.3 is 0 Å². The van der Waals surface area contributed by atoms with Crippen molar-refractivity contribution in [2.45, 2.75) is 57.1 Å². The number of carbonyl (C=O) groups excluding carboxylic acids is 1. The molecule has 1 aliphatic carbocycles. The first-order valence-electron chi connectivity index (χ1n) is 6.80.